The predicted molar refractivity (Wildman–Crippen MR) is 137 cm³/mol. The number of carbonyl (C=O) groups excluding carboxylic acids is 2. The summed E-state index contributed by atoms with van der Waals surface area (Å²) in [5.74, 6) is 0.00435. The molecule has 0 bridgehead atoms. The van der Waals surface area contributed by atoms with Crippen molar-refractivity contribution < 1.29 is 9.59 Å². The standard InChI is InChI=1S/C22H25N5O.C4H9NO/c1-15(13-27-14-25-19-9-5-6-10-21(19)27)26-22(28)20(23-2)11-16-12-24-18-8-4-3-7-17(16)18;1-4(2,5)3-6/h3-10,12,14-15,20,23-24H,11,13H2,1-2H3,(H,26,28);3H,5H2,1-2H3/t15?,20-;/m1./s1. The molecular weight excluding hydrogens is 428 g/mol. The van der Waals surface area contributed by atoms with Crippen LogP contribution in [0.4, 0.5) is 0 Å². The summed E-state index contributed by atoms with van der Waals surface area (Å²) >= 11 is 0. The highest BCUT2D eigenvalue weighted by molar-refractivity contribution is 5.86. The van der Waals surface area contributed by atoms with Crippen LogP contribution in [-0.4, -0.2) is 51.4 Å². The lowest BCUT2D eigenvalue weighted by Crippen LogP contribution is -2.48. The zero-order valence-corrected chi connectivity index (χ0v) is 20.2. The number of amides is 1. The van der Waals surface area contributed by atoms with E-state index in [4.69, 9.17) is 5.73 Å². The zero-order valence-electron chi connectivity index (χ0n) is 20.2. The van der Waals surface area contributed by atoms with E-state index in [-0.39, 0.29) is 18.0 Å². The van der Waals surface area contributed by atoms with E-state index in [9.17, 15) is 9.59 Å². The van der Waals surface area contributed by atoms with Crippen molar-refractivity contribution in [1.29, 1.82) is 0 Å². The Labute approximate surface area is 199 Å². The third-order valence-electron chi connectivity index (χ3n) is 5.45. The van der Waals surface area contributed by atoms with E-state index in [1.807, 2.05) is 69.0 Å². The molecule has 0 saturated heterocycles. The molecule has 0 radical (unpaired) electrons. The maximum Gasteiger partial charge on any atom is 0.237 e. The van der Waals surface area contributed by atoms with Gasteiger partial charge in [0.25, 0.3) is 0 Å². The van der Waals surface area contributed by atoms with Crippen molar-refractivity contribution >= 4 is 34.1 Å². The third kappa shape index (κ3) is 6.52. The first-order valence-corrected chi connectivity index (χ1v) is 11.4. The second-order valence-corrected chi connectivity index (χ2v) is 9.14. The first kappa shape index (κ1) is 25.1. The SMILES string of the molecule is CC(C)(N)C=O.CN[C@H](Cc1c[nH]c2ccccc12)C(=O)NC(C)Cn1cnc2ccccc21. The molecule has 0 saturated carbocycles. The normalized spacial score (nSPS) is 13.2. The maximum absolute atomic E-state index is 12.8. The summed E-state index contributed by atoms with van der Waals surface area (Å²) in [5.41, 5.74) is 8.80. The molecule has 1 unspecified atom stereocenters. The quantitative estimate of drug-likeness (QED) is 0.300. The predicted octanol–water partition coefficient (Wildman–Crippen LogP) is 2.78. The lowest BCUT2D eigenvalue weighted by atomic mass is 10.0. The van der Waals surface area contributed by atoms with Gasteiger partial charge in [-0.3, -0.25) is 4.79 Å². The number of rotatable bonds is 8. The van der Waals surface area contributed by atoms with Crippen molar-refractivity contribution in [1.82, 2.24) is 25.2 Å². The van der Waals surface area contributed by atoms with E-state index in [1.165, 1.54) is 0 Å². The Kier molecular flexibility index (Phi) is 8.20. The van der Waals surface area contributed by atoms with Crippen molar-refractivity contribution in [3.8, 4) is 0 Å². The number of imidazole rings is 1. The van der Waals surface area contributed by atoms with Gasteiger partial charge in [-0.25, -0.2) is 4.98 Å². The molecule has 8 nitrogen and oxygen atoms in total. The Balaban J connectivity index is 0.000000481. The number of aromatic nitrogens is 3. The van der Waals surface area contributed by atoms with Gasteiger partial charge in [0.15, 0.2) is 0 Å². The van der Waals surface area contributed by atoms with Crippen LogP contribution in [0, 0.1) is 0 Å². The van der Waals surface area contributed by atoms with E-state index in [1.54, 1.807) is 13.8 Å². The summed E-state index contributed by atoms with van der Waals surface area (Å²) in [5, 5.41) is 7.45. The monoisotopic (exact) mass is 462 g/mol. The van der Waals surface area contributed by atoms with Crippen LogP contribution in [0.2, 0.25) is 0 Å². The number of nitrogens with two attached hydrogens (primary N) is 1. The van der Waals surface area contributed by atoms with Gasteiger partial charge in [0, 0.05) is 29.7 Å². The second-order valence-electron chi connectivity index (χ2n) is 9.14. The second kappa shape index (κ2) is 11.1. The van der Waals surface area contributed by atoms with E-state index in [2.05, 4.69) is 31.2 Å². The van der Waals surface area contributed by atoms with Crippen molar-refractivity contribution in [2.45, 2.75) is 51.4 Å². The average molecular weight is 463 g/mol. The van der Waals surface area contributed by atoms with Crippen LogP contribution < -0.4 is 16.4 Å². The number of fused-ring (bicyclic) bond motifs is 2. The highest BCUT2D eigenvalue weighted by Crippen LogP contribution is 2.19. The molecule has 0 aliphatic rings. The number of aldehydes is 1. The molecule has 0 spiro atoms. The van der Waals surface area contributed by atoms with Crippen LogP contribution in [0.15, 0.2) is 61.1 Å². The molecular formula is C26H34N6O2. The number of hydrogen-bond donors (Lipinski definition) is 4. The number of nitrogens with one attached hydrogen (secondary N) is 3. The van der Waals surface area contributed by atoms with E-state index < -0.39 is 5.54 Å². The summed E-state index contributed by atoms with van der Waals surface area (Å²) < 4.78 is 2.08. The minimum Gasteiger partial charge on any atom is -0.361 e. The topological polar surface area (TPSA) is 118 Å². The van der Waals surface area contributed by atoms with Gasteiger partial charge < -0.3 is 30.7 Å². The molecule has 1 amide bonds. The molecule has 0 aliphatic heterocycles. The number of H-pyrrole nitrogens is 1. The molecule has 5 N–H and O–H groups in total. The smallest absolute Gasteiger partial charge is 0.237 e. The Hall–Kier alpha value is -3.49. The van der Waals surface area contributed by atoms with Gasteiger partial charge in [-0.05, 0) is 58.0 Å². The van der Waals surface area contributed by atoms with Crippen LogP contribution in [0.5, 0.6) is 0 Å². The summed E-state index contributed by atoms with van der Waals surface area (Å²) in [6.07, 6.45) is 5.16. The summed E-state index contributed by atoms with van der Waals surface area (Å²) in [6, 6.07) is 15.9. The Morgan fingerprint density at radius 2 is 1.88 bits per heavy atom. The largest absolute Gasteiger partial charge is 0.361 e. The molecule has 34 heavy (non-hydrogen) atoms. The number of benzene rings is 2. The average Bonchev–Trinajstić information content (AvgIpc) is 3.41. The minimum absolute atomic E-state index is 0.00435. The first-order valence-electron chi connectivity index (χ1n) is 11.4. The summed E-state index contributed by atoms with van der Waals surface area (Å²) in [4.78, 5) is 30.2. The highest BCUT2D eigenvalue weighted by atomic mass is 16.2. The van der Waals surface area contributed by atoms with Crippen molar-refractivity contribution in [2.75, 3.05) is 7.05 Å². The fourth-order valence-electron chi connectivity index (χ4n) is 3.69. The summed E-state index contributed by atoms with van der Waals surface area (Å²) in [7, 11) is 1.83. The number of likely N-dealkylation sites (N-methyl/N-ethyl adjacent to an activating group) is 1. The number of para-hydroxylation sites is 3. The van der Waals surface area contributed by atoms with Crippen LogP contribution in [0.1, 0.15) is 26.3 Å². The van der Waals surface area contributed by atoms with Gasteiger partial charge in [0.05, 0.1) is 28.9 Å². The number of nitrogens with zero attached hydrogens (tertiary/aromatic N) is 2. The van der Waals surface area contributed by atoms with Gasteiger partial charge in [0.1, 0.15) is 6.29 Å². The number of hydrogen-bond acceptors (Lipinski definition) is 5. The molecule has 2 aromatic carbocycles. The van der Waals surface area contributed by atoms with Gasteiger partial charge in [-0.1, -0.05) is 30.3 Å². The van der Waals surface area contributed by atoms with Crippen molar-refractivity contribution in [2.24, 2.45) is 5.73 Å². The molecule has 2 atom stereocenters. The van der Waals surface area contributed by atoms with Crippen LogP contribution >= 0.6 is 0 Å². The highest BCUT2D eigenvalue weighted by Gasteiger charge is 2.20. The fraction of sp³-hybridized carbons (Fsp3) is 0.346. The molecule has 8 heteroatoms. The van der Waals surface area contributed by atoms with E-state index in [0.29, 0.717) is 19.3 Å². The molecule has 0 aliphatic carbocycles. The van der Waals surface area contributed by atoms with Gasteiger partial charge in [-0.2, -0.15) is 0 Å². The Morgan fingerprint density at radius 3 is 2.59 bits per heavy atom. The lowest BCUT2D eigenvalue weighted by molar-refractivity contribution is -0.123. The molecule has 2 heterocycles. The molecule has 180 valence electrons. The maximum atomic E-state index is 12.8. The van der Waals surface area contributed by atoms with Crippen LogP contribution in [0.3, 0.4) is 0 Å². The Morgan fingerprint density at radius 1 is 1.21 bits per heavy atom. The first-order chi connectivity index (χ1) is 16.2. The molecule has 4 rings (SSSR count). The third-order valence-corrected chi connectivity index (χ3v) is 5.45. The van der Waals surface area contributed by atoms with E-state index >= 15 is 0 Å². The summed E-state index contributed by atoms with van der Waals surface area (Å²) in [6.45, 7) is 6.00. The fourth-order valence-corrected chi connectivity index (χ4v) is 3.69. The van der Waals surface area contributed by atoms with Crippen molar-refractivity contribution in [3.63, 3.8) is 0 Å². The lowest BCUT2D eigenvalue weighted by Gasteiger charge is -2.20. The van der Waals surface area contributed by atoms with E-state index in [0.717, 1.165) is 27.5 Å². The van der Waals surface area contributed by atoms with Crippen molar-refractivity contribution in [3.05, 3.63) is 66.6 Å². The number of carbonyl (C=O) groups is 2. The van der Waals surface area contributed by atoms with Gasteiger partial charge >= 0.3 is 0 Å². The van der Waals surface area contributed by atoms with Gasteiger partial charge in [-0.15, -0.1) is 0 Å². The van der Waals surface area contributed by atoms with Gasteiger partial charge in [0.2, 0.25) is 5.91 Å². The van der Waals surface area contributed by atoms with Crippen LogP contribution in [-0.2, 0) is 22.6 Å². The molecule has 2 aromatic heterocycles. The van der Waals surface area contributed by atoms with Crippen LogP contribution in [0.25, 0.3) is 21.9 Å². The minimum atomic E-state index is -0.639. The zero-order chi connectivity index (χ0) is 24.7. The Bertz CT molecular complexity index is 1240. The molecule has 0 fully saturated rings. The molecule has 4 aromatic rings. The number of aromatic amines is 1.